The van der Waals surface area contributed by atoms with Crippen molar-refractivity contribution in [3.8, 4) is 0 Å². The second-order valence-corrected chi connectivity index (χ2v) is 35.5. The molecule has 0 heterocycles. The van der Waals surface area contributed by atoms with Crippen molar-refractivity contribution in [3.63, 3.8) is 0 Å². The largest absolute Gasteiger partial charge is 0.385 e. The van der Waals surface area contributed by atoms with Gasteiger partial charge in [0, 0.05) is 141 Å². The molecule has 6 unspecified atom stereocenters. The summed E-state index contributed by atoms with van der Waals surface area (Å²) in [5.41, 5.74) is 0.142. The number of methoxy groups -OCH3 is 5. The highest BCUT2D eigenvalue weighted by atomic mass is 16.5. The van der Waals surface area contributed by atoms with Crippen LogP contribution >= 0.6 is 0 Å². The Balaban J connectivity index is -0.0000000638. The van der Waals surface area contributed by atoms with E-state index in [2.05, 4.69) is 206 Å². The minimum Gasteiger partial charge on any atom is -0.385 e. The molecule has 0 radical (unpaired) electrons. The van der Waals surface area contributed by atoms with Crippen LogP contribution in [-0.4, -0.2) is 244 Å². The van der Waals surface area contributed by atoms with Gasteiger partial charge in [-0.2, -0.15) is 0 Å². The third kappa shape index (κ3) is 266. The fraction of sp³-hybridized carbons (Fsp3) is 1.00. The average molecular weight is 1900 g/mol. The van der Waals surface area contributed by atoms with E-state index in [4.69, 9.17) is 85.3 Å². The summed E-state index contributed by atoms with van der Waals surface area (Å²) in [4.78, 5) is 0. The SMILES string of the molecule is C.CC(C)OC1CCCC1.CC(C)OC1CCCCC1.CCC(C)OC.CCCC(C)OC.CCCCOCC.CCCOC(C)C.CCCOC(C)CC.CCCOC(C)CCC.CCCOCC.CCOC.CCOC(C)(C)C.CCOC(C)(C)C.CCOC(C)C.CCOC(C)C.CCOC(C)CC.CCOC(C)CC.CCOCC.COC(C)(C)C.COC(C)C. The minimum absolute atomic E-state index is 0. The first-order chi connectivity index (χ1) is 60.3. The first kappa shape index (κ1) is 172. The third-order valence-electron chi connectivity index (χ3n) is 16.4. The molecular weight excluding hydrogens is 1640 g/mol. The predicted octanol–water partition coefficient (Wildman–Crippen LogP) is 33.2. The Labute approximate surface area is 823 Å². The molecule has 0 amide bonds. The first-order valence-corrected chi connectivity index (χ1v) is 52.6. The molecule has 0 aromatic carbocycles. The second kappa shape index (κ2) is 151. The van der Waals surface area contributed by atoms with Crippen molar-refractivity contribution in [3.05, 3.63) is 0 Å². The molecule has 0 aromatic heterocycles. The Morgan fingerprint density at radius 3 is 0.654 bits per heavy atom. The van der Waals surface area contributed by atoms with Crippen LogP contribution in [0.5, 0.6) is 0 Å². The lowest BCUT2D eigenvalue weighted by molar-refractivity contribution is -0.0118. The van der Waals surface area contributed by atoms with E-state index in [1.54, 1.807) is 35.5 Å². The van der Waals surface area contributed by atoms with E-state index in [0.29, 0.717) is 85.5 Å². The standard InChI is InChI=1S/C9H18O.C8H16O.C8H18O.C7H16O.7C6H14O.5C5H12O.2C4H10O.C3H8O.CH4/c1-8(2)10-9-6-4-3-5-7-9;1-7(2)9-8-5-3-4-6-8;1-4-6-8(3)9-7-5-2;1-4-6-8-7(3)5-2;2*1-5-7-6(2,3)4;1-4-5-6(2)7-3;1-4-5-7-6(2)3;2*1-4-6(3)7-5-2;1-3-5-6-7-4-2;1-5(2,3)6-4;1-4-5(2)6-3;2*1-4-6-5(2)3;1-3-5-6-4-2;1-4(2)5-3;1-3-5-4-2;1-3-4-2;/h8-9H,3-7H2,1-2H3;7-8H,3-6H2,1-2H3;8H,4-7H2,1-3H3;7H,4-6H2,1-3H3;2*5H2,1-4H3;4*6H,4-5H2,1-3H3;3-6H2,1-2H3;1-4H3;3*5H,4H2,1-3H3;3-5H2,1-2H3;4H,1-3H3;3-4H2,1-2H3;3H2,1-2H3;1H4. The van der Waals surface area contributed by atoms with Crippen LogP contribution in [0.1, 0.15) is 494 Å². The van der Waals surface area contributed by atoms with Crippen molar-refractivity contribution < 1.29 is 90.0 Å². The molecule has 6 atom stereocenters. The van der Waals surface area contributed by atoms with Gasteiger partial charge in [-0.05, 0) is 359 Å². The summed E-state index contributed by atoms with van der Waals surface area (Å²) in [6, 6.07) is 0. The van der Waals surface area contributed by atoms with Gasteiger partial charge in [-0.1, -0.05) is 135 Å². The van der Waals surface area contributed by atoms with Crippen molar-refractivity contribution in [1.82, 2.24) is 0 Å². The lowest BCUT2D eigenvalue weighted by Gasteiger charge is -2.23. The van der Waals surface area contributed by atoms with E-state index in [1.165, 1.54) is 96.3 Å². The molecule has 2 aliphatic carbocycles. The van der Waals surface area contributed by atoms with Gasteiger partial charge in [0.25, 0.3) is 0 Å². The van der Waals surface area contributed by atoms with Crippen LogP contribution in [0.25, 0.3) is 0 Å². The molecule has 2 aliphatic rings. The molecule has 2 fully saturated rings. The normalized spacial score (nSPS) is 13.1. The van der Waals surface area contributed by atoms with Gasteiger partial charge in [0.15, 0.2) is 0 Å². The van der Waals surface area contributed by atoms with Gasteiger partial charge in [-0.25, -0.2) is 0 Å². The number of unbranched alkanes of at least 4 members (excludes halogenated alkanes) is 1. The molecule has 0 spiro atoms. The summed E-state index contributed by atoms with van der Waals surface area (Å²) in [5, 5.41) is 0. The number of ether oxygens (including phenoxy) is 19. The highest BCUT2D eigenvalue weighted by molar-refractivity contribution is 4.68. The second-order valence-electron chi connectivity index (χ2n) is 35.5. The Hall–Kier alpha value is -0.760. The zero-order valence-electron chi connectivity index (χ0n) is 98.9. The van der Waals surface area contributed by atoms with Gasteiger partial charge >= 0.3 is 0 Å². The van der Waals surface area contributed by atoms with E-state index in [1.807, 2.05) is 138 Å². The molecule has 130 heavy (non-hydrogen) atoms. The van der Waals surface area contributed by atoms with Crippen LogP contribution in [0, 0.1) is 0 Å². The third-order valence-corrected chi connectivity index (χ3v) is 16.4. The van der Waals surface area contributed by atoms with E-state index in [-0.39, 0.29) is 24.2 Å². The zero-order chi connectivity index (χ0) is 105. The molecule has 0 aromatic rings. The van der Waals surface area contributed by atoms with Crippen LogP contribution in [0.2, 0.25) is 0 Å². The highest BCUT2D eigenvalue weighted by Gasteiger charge is 2.17. The molecule has 2 saturated carbocycles. The highest BCUT2D eigenvalue weighted by Crippen LogP contribution is 2.22. The zero-order valence-corrected chi connectivity index (χ0v) is 98.9. The monoisotopic (exact) mass is 1900 g/mol. The molecule has 19 nitrogen and oxygen atoms in total. The molecule has 0 saturated heterocycles. The van der Waals surface area contributed by atoms with Crippen LogP contribution < -0.4 is 0 Å². The van der Waals surface area contributed by atoms with Gasteiger partial charge in [0.2, 0.25) is 0 Å². The minimum atomic E-state index is 0. The summed E-state index contributed by atoms with van der Waals surface area (Å²) in [5.74, 6) is 0. The molecular formula is C111H258O19. The Bertz CT molecular complexity index is 1580. The smallest absolute Gasteiger partial charge is 0.0598 e. The molecule has 0 N–H and O–H groups in total. The van der Waals surface area contributed by atoms with E-state index < -0.39 is 0 Å². The van der Waals surface area contributed by atoms with Crippen molar-refractivity contribution in [2.75, 3.05) is 141 Å². The van der Waals surface area contributed by atoms with Gasteiger partial charge in [-0.15, -0.1) is 0 Å². The number of rotatable bonds is 44. The fourth-order valence-electron chi connectivity index (χ4n) is 8.51. The van der Waals surface area contributed by atoms with Crippen molar-refractivity contribution in [2.24, 2.45) is 0 Å². The summed E-state index contributed by atoms with van der Waals surface area (Å²) < 4.78 is 97.2. The lowest BCUT2D eigenvalue weighted by Crippen LogP contribution is -2.20. The fourth-order valence-corrected chi connectivity index (χ4v) is 8.51. The topological polar surface area (TPSA) is 175 Å². The van der Waals surface area contributed by atoms with E-state index >= 15 is 0 Å². The predicted molar refractivity (Wildman–Crippen MR) is 580 cm³/mol. The summed E-state index contributed by atoms with van der Waals surface area (Å²) in [6.45, 7) is 115. The summed E-state index contributed by atoms with van der Waals surface area (Å²) >= 11 is 0. The molecule has 816 valence electrons. The Kier molecular flexibility index (Phi) is 200. The molecule has 19 heteroatoms. The number of hydrogen-bond donors (Lipinski definition) is 0. The van der Waals surface area contributed by atoms with Gasteiger partial charge in [-0.3, -0.25) is 0 Å². The lowest BCUT2D eigenvalue weighted by atomic mass is 9.98. The van der Waals surface area contributed by atoms with Crippen LogP contribution in [-0.2, 0) is 90.0 Å². The van der Waals surface area contributed by atoms with Crippen molar-refractivity contribution >= 4 is 0 Å². The molecule has 0 aliphatic heterocycles. The average Bonchev–Trinajstić information content (AvgIpc) is 1.48. The van der Waals surface area contributed by atoms with Gasteiger partial charge in [0.05, 0.1) is 102 Å². The number of hydrogen-bond acceptors (Lipinski definition) is 19. The van der Waals surface area contributed by atoms with Crippen LogP contribution in [0.3, 0.4) is 0 Å². The first-order valence-electron chi connectivity index (χ1n) is 52.6. The van der Waals surface area contributed by atoms with Crippen LogP contribution in [0.4, 0.5) is 0 Å². The van der Waals surface area contributed by atoms with Crippen molar-refractivity contribution in [1.29, 1.82) is 0 Å². The summed E-state index contributed by atoms with van der Waals surface area (Å²) in [6.07, 6.45) is 34.6. The molecule has 2 rings (SSSR count). The summed E-state index contributed by atoms with van der Waals surface area (Å²) in [7, 11) is 8.57. The van der Waals surface area contributed by atoms with E-state index in [9.17, 15) is 0 Å². The Morgan fingerprint density at radius 1 is 0.238 bits per heavy atom. The maximum Gasteiger partial charge on any atom is 0.0598 e. The van der Waals surface area contributed by atoms with Gasteiger partial charge in [0.1, 0.15) is 0 Å². The maximum atomic E-state index is 5.69. The Morgan fingerprint density at radius 2 is 0.508 bits per heavy atom. The maximum absolute atomic E-state index is 5.69. The van der Waals surface area contributed by atoms with Crippen molar-refractivity contribution in [2.45, 2.75) is 597 Å². The van der Waals surface area contributed by atoms with E-state index in [0.717, 1.165) is 157 Å². The van der Waals surface area contributed by atoms with Crippen LogP contribution in [0.15, 0.2) is 0 Å². The van der Waals surface area contributed by atoms with Gasteiger partial charge < -0.3 is 90.0 Å². The molecule has 0 bridgehead atoms. The quantitative estimate of drug-likeness (QED) is 0.0526.